The molecule has 0 aliphatic carbocycles. The maximum Gasteiger partial charge on any atom is 0.272 e. The van der Waals surface area contributed by atoms with Crippen LogP contribution in [0.4, 0.5) is 0 Å². The zero-order valence-electron chi connectivity index (χ0n) is 8.83. The highest BCUT2D eigenvalue weighted by molar-refractivity contribution is 7.86. The van der Waals surface area contributed by atoms with E-state index in [2.05, 4.69) is 0 Å². The average molecular weight is 246 g/mol. The first-order valence-electron chi connectivity index (χ1n) is 4.70. The Hall–Kier alpha value is -1.11. The maximum absolute atomic E-state index is 11.1. The van der Waals surface area contributed by atoms with E-state index in [-0.39, 0.29) is 13.0 Å². The highest BCUT2D eigenvalue weighted by Gasteiger charge is 2.24. The molecule has 0 spiro atoms. The van der Waals surface area contributed by atoms with E-state index >= 15 is 0 Å². The number of hydrogen-bond donors (Lipinski definition) is 2. The van der Waals surface area contributed by atoms with Gasteiger partial charge in [0.1, 0.15) is 11.0 Å². The number of rotatable bonds is 5. The molecule has 0 aliphatic heterocycles. The van der Waals surface area contributed by atoms with Crippen LogP contribution in [0.25, 0.3) is 0 Å². The fraction of sp³-hybridized carbons (Fsp3) is 0.400. The molecule has 1 aromatic rings. The third-order valence-electron chi connectivity index (χ3n) is 2.24. The van der Waals surface area contributed by atoms with Crippen LogP contribution < -0.4 is 4.74 Å². The molecule has 2 N–H and O–H groups in total. The summed E-state index contributed by atoms with van der Waals surface area (Å²) >= 11 is 0. The van der Waals surface area contributed by atoms with Crippen LogP contribution in [-0.4, -0.2) is 31.8 Å². The summed E-state index contributed by atoms with van der Waals surface area (Å²) in [4.78, 5) is 0. The first-order chi connectivity index (χ1) is 7.49. The van der Waals surface area contributed by atoms with E-state index in [1.165, 1.54) is 7.11 Å². The van der Waals surface area contributed by atoms with Gasteiger partial charge in [-0.3, -0.25) is 4.55 Å². The molecule has 90 valence electrons. The minimum atomic E-state index is -4.20. The van der Waals surface area contributed by atoms with Crippen molar-refractivity contribution in [3.05, 3.63) is 29.8 Å². The molecule has 16 heavy (non-hydrogen) atoms. The van der Waals surface area contributed by atoms with Gasteiger partial charge in [-0.15, -0.1) is 0 Å². The first-order valence-corrected chi connectivity index (χ1v) is 6.20. The van der Waals surface area contributed by atoms with E-state index < -0.39 is 15.4 Å². The Morgan fingerprint density at radius 3 is 2.25 bits per heavy atom. The molecule has 1 atom stereocenters. The van der Waals surface area contributed by atoms with Crippen molar-refractivity contribution < 1.29 is 22.8 Å². The predicted octanol–water partition coefficient (Wildman–Crippen LogP) is 1.01. The van der Waals surface area contributed by atoms with Crippen molar-refractivity contribution in [2.75, 3.05) is 13.7 Å². The second-order valence-electron chi connectivity index (χ2n) is 3.29. The maximum atomic E-state index is 11.1. The van der Waals surface area contributed by atoms with Crippen molar-refractivity contribution in [1.29, 1.82) is 0 Å². The summed E-state index contributed by atoms with van der Waals surface area (Å²) in [5.41, 5.74) is 0.428. The molecule has 5 nitrogen and oxygen atoms in total. The van der Waals surface area contributed by atoms with Crippen LogP contribution in [0.1, 0.15) is 17.2 Å². The van der Waals surface area contributed by atoms with Gasteiger partial charge < -0.3 is 9.84 Å². The standard InChI is InChI=1S/C10H14O5S/c1-15-9-4-2-8(3-5-9)10(6-7-11)16(12,13)14/h2-5,10-11H,6-7H2,1H3,(H,12,13,14). The fourth-order valence-electron chi connectivity index (χ4n) is 1.42. The van der Waals surface area contributed by atoms with E-state index in [9.17, 15) is 8.42 Å². The molecule has 1 aromatic carbocycles. The Morgan fingerprint density at radius 1 is 1.31 bits per heavy atom. The minimum Gasteiger partial charge on any atom is -0.497 e. The molecular weight excluding hydrogens is 232 g/mol. The van der Waals surface area contributed by atoms with Crippen molar-refractivity contribution >= 4 is 10.1 Å². The van der Waals surface area contributed by atoms with Crippen LogP contribution in [0.2, 0.25) is 0 Å². The summed E-state index contributed by atoms with van der Waals surface area (Å²) in [6.45, 7) is -0.309. The van der Waals surface area contributed by atoms with Crippen LogP contribution in [0.3, 0.4) is 0 Å². The molecule has 0 saturated heterocycles. The van der Waals surface area contributed by atoms with Crippen molar-refractivity contribution in [2.24, 2.45) is 0 Å². The third-order valence-corrected chi connectivity index (χ3v) is 3.47. The van der Waals surface area contributed by atoms with Gasteiger partial charge in [-0.05, 0) is 24.1 Å². The summed E-state index contributed by atoms with van der Waals surface area (Å²) < 4.78 is 36.1. The molecule has 0 amide bonds. The van der Waals surface area contributed by atoms with E-state index in [4.69, 9.17) is 14.4 Å². The lowest BCUT2D eigenvalue weighted by molar-refractivity contribution is 0.283. The zero-order chi connectivity index (χ0) is 12.2. The van der Waals surface area contributed by atoms with E-state index in [1.54, 1.807) is 24.3 Å². The molecule has 0 heterocycles. The summed E-state index contributed by atoms with van der Waals surface area (Å²) in [7, 11) is -2.70. The summed E-state index contributed by atoms with van der Waals surface area (Å²) in [6.07, 6.45) is -0.0365. The van der Waals surface area contributed by atoms with E-state index in [0.29, 0.717) is 11.3 Å². The van der Waals surface area contributed by atoms with Gasteiger partial charge in [-0.25, -0.2) is 0 Å². The van der Waals surface area contributed by atoms with Gasteiger partial charge in [0.15, 0.2) is 0 Å². The highest BCUT2D eigenvalue weighted by atomic mass is 32.2. The summed E-state index contributed by atoms with van der Waals surface area (Å²) in [5.74, 6) is 0.599. The van der Waals surface area contributed by atoms with Crippen molar-refractivity contribution in [3.63, 3.8) is 0 Å². The van der Waals surface area contributed by atoms with Crippen LogP contribution in [0.5, 0.6) is 5.75 Å². The van der Waals surface area contributed by atoms with Crippen LogP contribution in [-0.2, 0) is 10.1 Å². The van der Waals surface area contributed by atoms with Crippen LogP contribution >= 0.6 is 0 Å². The Kier molecular flexibility index (Phi) is 4.28. The topological polar surface area (TPSA) is 83.8 Å². The molecule has 0 aromatic heterocycles. The minimum absolute atomic E-state index is 0.0365. The Balaban J connectivity index is 3.02. The molecule has 0 saturated carbocycles. The number of ether oxygens (including phenoxy) is 1. The average Bonchev–Trinajstić information content (AvgIpc) is 2.25. The normalized spacial score (nSPS) is 13.4. The molecule has 0 fully saturated rings. The molecular formula is C10H14O5S. The lowest BCUT2D eigenvalue weighted by atomic mass is 10.1. The first kappa shape index (κ1) is 13.0. The lowest BCUT2D eigenvalue weighted by Gasteiger charge is -2.13. The van der Waals surface area contributed by atoms with Gasteiger partial charge in [0.05, 0.1) is 7.11 Å². The number of hydrogen-bond acceptors (Lipinski definition) is 4. The lowest BCUT2D eigenvalue weighted by Crippen LogP contribution is -2.13. The van der Waals surface area contributed by atoms with Crippen molar-refractivity contribution in [2.45, 2.75) is 11.7 Å². The molecule has 1 rings (SSSR count). The highest BCUT2D eigenvalue weighted by Crippen LogP contribution is 2.26. The third kappa shape index (κ3) is 3.19. The van der Waals surface area contributed by atoms with Gasteiger partial charge in [0.25, 0.3) is 10.1 Å². The molecule has 6 heteroatoms. The van der Waals surface area contributed by atoms with Crippen LogP contribution in [0.15, 0.2) is 24.3 Å². The zero-order valence-corrected chi connectivity index (χ0v) is 9.64. The number of methoxy groups -OCH3 is 1. The Labute approximate surface area is 94.4 Å². The monoisotopic (exact) mass is 246 g/mol. The van der Waals surface area contributed by atoms with Gasteiger partial charge >= 0.3 is 0 Å². The van der Waals surface area contributed by atoms with E-state index in [1.807, 2.05) is 0 Å². The second-order valence-corrected chi connectivity index (χ2v) is 4.89. The quantitative estimate of drug-likeness (QED) is 0.757. The summed E-state index contributed by atoms with van der Waals surface area (Å²) in [5, 5.41) is 7.67. The molecule has 0 aliphatic rings. The molecule has 0 bridgehead atoms. The van der Waals surface area contributed by atoms with Crippen molar-refractivity contribution in [3.8, 4) is 5.75 Å². The Bertz CT molecular complexity index is 423. The summed E-state index contributed by atoms with van der Waals surface area (Å²) in [6, 6.07) is 6.30. The fourth-order valence-corrected chi connectivity index (χ4v) is 2.33. The van der Waals surface area contributed by atoms with E-state index in [0.717, 1.165) is 0 Å². The van der Waals surface area contributed by atoms with Crippen LogP contribution in [0, 0.1) is 0 Å². The number of aliphatic hydroxyl groups excluding tert-OH is 1. The molecule has 1 unspecified atom stereocenters. The second kappa shape index (κ2) is 5.29. The molecule has 0 radical (unpaired) electrons. The predicted molar refractivity (Wildman–Crippen MR) is 59.0 cm³/mol. The number of benzene rings is 1. The van der Waals surface area contributed by atoms with Crippen molar-refractivity contribution in [1.82, 2.24) is 0 Å². The number of aliphatic hydroxyl groups is 1. The van der Waals surface area contributed by atoms with Gasteiger partial charge in [-0.1, -0.05) is 12.1 Å². The Morgan fingerprint density at radius 2 is 1.88 bits per heavy atom. The smallest absolute Gasteiger partial charge is 0.272 e. The van der Waals surface area contributed by atoms with Gasteiger partial charge in [0.2, 0.25) is 0 Å². The largest absolute Gasteiger partial charge is 0.497 e. The SMILES string of the molecule is COc1ccc(C(CCO)S(=O)(=O)O)cc1. The van der Waals surface area contributed by atoms with Gasteiger partial charge in [0, 0.05) is 6.61 Å². The van der Waals surface area contributed by atoms with Gasteiger partial charge in [-0.2, -0.15) is 8.42 Å².